The molecule has 1 atom stereocenters. The van der Waals surface area contributed by atoms with Crippen LogP contribution in [0.1, 0.15) is 43.2 Å². The number of fused-ring (bicyclic) bond motifs is 2. The maximum absolute atomic E-state index is 13.1. The number of hydrogen-bond donors (Lipinski definition) is 3. The predicted molar refractivity (Wildman–Crippen MR) is 175 cm³/mol. The maximum atomic E-state index is 13.1. The Morgan fingerprint density at radius 1 is 0.818 bits per heavy atom. The number of piperazine rings is 1. The SMILES string of the molecule is O=C1Nc2ccccc2CCN1C1CCN(CCC(Cc2ccc3n[nH]nc3c2)CN2CCC(N3CCNCC3)CC2)CC1. The lowest BCUT2D eigenvalue weighted by Crippen LogP contribution is -2.52. The van der Waals surface area contributed by atoms with Gasteiger partial charge < -0.3 is 25.3 Å². The van der Waals surface area contributed by atoms with E-state index in [2.05, 4.69) is 76.0 Å². The number of hydrogen-bond acceptors (Lipinski definition) is 7. The van der Waals surface area contributed by atoms with E-state index < -0.39 is 0 Å². The van der Waals surface area contributed by atoms with Gasteiger partial charge in [-0.2, -0.15) is 15.4 Å². The number of urea groups is 1. The minimum atomic E-state index is 0.0678. The highest BCUT2D eigenvalue weighted by molar-refractivity contribution is 5.91. The molecule has 236 valence electrons. The highest BCUT2D eigenvalue weighted by atomic mass is 16.2. The molecule has 0 saturated carbocycles. The van der Waals surface area contributed by atoms with E-state index in [1.54, 1.807) is 0 Å². The van der Waals surface area contributed by atoms with Crippen molar-refractivity contribution in [1.29, 1.82) is 0 Å². The van der Waals surface area contributed by atoms with Crippen LogP contribution in [0, 0.1) is 5.92 Å². The van der Waals surface area contributed by atoms with Crippen LogP contribution in [0.4, 0.5) is 10.5 Å². The molecule has 0 spiro atoms. The molecule has 5 heterocycles. The smallest absolute Gasteiger partial charge is 0.321 e. The standard InChI is InChI=1S/C34H49N9O/c44-34-36-31-4-2-1-3-28(31)8-20-43(34)30-11-16-40(17-12-30)15-7-27(23-26-5-6-32-33(24-26)38-39-37-32)25-41-18-9-29(10-19-41)42-21-13-35-14-22-42/h1-6,24,27,29-30,35H,7-23,25H2,(H,36,44)(H,37,38,39). The molecule has 1 unspecified atom stereocenters. The molecule has 2 amide bonds. The number of aromatic nitrogens is 3. The van der Waals surface area contributed by atoms with Crippen LogP contribution in [0.5, 0.6) is 0 Å². The zero-order chi connectivity index (χ0) is 29.7. The normalized spacial score (nSPS) is 22.5. The quantitative estimate of drug-likeness (QED) is 0.347. The van der Waals surface area contributed by atoms with Crippen LogP contribution in [-0.4, -0.2) is 125 Å². The van der Waals surface area contributed by atoms with E-state index in [4.69, 9.17) is 0 Å². The number of piperidine rings is 2. The van der Waals surface area contributed by atoms with Crippen LogP contribution < -0.4 is 10.6 Å². The van der Waals surface area contributed by atoms with Crippen molar-refractivity contribution in [2.24, 2.45) is 5.92 Å². The van der Waals surface area contributed by atoms with Gasteiger partial charge in [0.05, 0.1) is 0 Å². The fraction of sp³-hybridized carbons (Fsp3) is 0.618. The van der Waals surface area contributed by atoms with Crippen molar-refractivity contribution in [2.45, 2.75) is 57.0 Å². The minimum Gasteiger partial charge on any atom is -0.321 e. The highest BCUT2D eigenvalue weighted by Gasteiger charge is 2.31. The number of aromatic amines is 1. The fourth-order valence-electron chi connectivity index (χ4n) is 8.04. The van der Waals surface area contributed by atoms with Crippen molar-refractivity contribution in [3.63, 3.8) is 0 Å². The summed E-state index contributed by atoms with van der Waals surface area (Å²) in [6, 6.07) is 15.9. The number of anilines is 1. The van der Waals surface area contributed by atoms with Gasteiger partial charge in [-0.05, 0) is 99.8 Å². The summed E-state index contributed by atoms with van der Waals surface area (Å²) in [6.45, 7) is 12.3. The molecule has 10 nitrogen and oxygen atoms in total. The summed E-state index contributed by atoms with van der Waals surface area (Å²) in [4.78, 5) is 23.3. The van der Waals surface area contributed by atoms with Gasteiger partial charge >= 0.3 is 6.03 Å². The topological polar surface area (TPSA) is 95.7 Å². The van der Waals surface area contributed by atoms with Crippen molar-refractivity contribution in [2.75, 3.05) is 77.3 Å². The van der Waals surface area contributed by atoms with Gasteiger partial charge in [-0.25, -0.2) is 4.79 Å². The van der Waals surface area contributed by atoms with E-state index in [0.717, 1.165) is 94.3 Å². The van der Waals surface area contributed by atoms with Crippen LogP contribution >= 0.6 is 0 Å². The number of amides is 2. The van der Waals surface area contributed by atoms with Gasteiger partial charge in [0.15, 0.2) is 0 Å². The Morgan fingerprint density at radius 3 is 2.41 bits per heavy atom. The number of likely N-dealkylation sites (tertiary alicyclic amines) is 2. The first kappa shape index (κ1) is 29.6. The zero-order valence-corrected chi connectivity index (χ0v) is 26.1. The van der Waals surface area contributed by atoms with E-state index >= 15 is 0 Å². The summed E-state index contributed by atoms with van der Waals surface area (Å²) in [6.07, 6.45) is 7.88. The van der Waals surface area contributed by atoms with Crippen molar-refractivity contribution in [1.82, 2.24) is 40.3 Å². The average Bonchev–Trinajstić information content (AvgIpc) is 3.47. The Bertz CT molecular complexity index is 1370. The number of H-pyrrole nitrogens is 1. The third kappa shape index (κ3) is 7.09. The number of nitrogens with zero attached hydrogens (tertiary/aromatic N) is 6. The van der Waals surface area contributed by atoms with Crippen LogP contribution in [0.25, 0.3) is 11.0 Å². The third-order valence-electron chi connectivity index (χ3n) is 10.6. The van der Waals surface area contributed by atoms with Crippen LogP contribution in [-0.2, 0) is 12.8 Å². The van der Waals surface area contributed by atoms with Crippen LogP contribution in [0.15, 0.2) is 42.5 Å². The van der Waals surface area contributed by atoms with Crippen LogP contribution in [0.3, 0.4) is 0 Å². The van der Waals surface area contributed by atoms with Crippen molar-refractivity contribution >= 4 is 22.8 Å². The molecule has 0 radical (unpaired) electrons. The maximum Gasteiger partial charge on any atom is 0.322 e. The minimum absolute atomic E-state index is 0.0678. The summed E-state index contributed by atoms with van der Waals surface area (Å²) in [7, 11) is 0. The molecule has 0 aliphatic carbocycles. The van der Waals surface area contributed by atoms with Gasteiger partial charge in [0.25, 0.3) is 0 Å². The number of benzene rings is 2. The average molecular weight is 600 g/mol. The molecule has 3 aromatic rings. The Labute approximate surface area is 261 Å². The van der Waals surface area contributed by atoms with Crippen molar-refractivity contribution in [3.05, 3.63) is 53.6 Å². The van der Waals surface area contributed by atoms with E-state index in [0.29, 0.717) is 12.0 Å². The second-order valence-corrected chi connectivity index (χ2v) is 13.4. The monoisotopic (exact) mass is 599 g/mol. The zero-order valence-electron chi connectivity index (χ0n) is 26.1. The molecule has 4 aliphatic rings. The fourth-order valence-corrected chi connectivity index (χ4v) is 8.04. The molecular weight excluding hydrogens is 550 g/mol. The van der Waals surface area contributed by atoms with Gasteiger partial charge in [0.1, 0.15) is 11.0 Å². The number of carbonyl (C=O) groups is 1. The molecule has 10 heteroatoms. The highest BCUT2D eigenvalue weighted by Crippen LogP contribution is 2.26. The van der Waals surface area contributed by atoms with E-state index in [9.17, 15) is 4.79 Å². The van der Waals surface area contributed by atoms with E-state index in [-0.39, 0.29) is 6.03 Å². The van der Waals surface area contributed by atoms with Crippen molar-refractivity contribution in [3.8, 4) is 0 Å². The first-order valence-corrected chi connectivity index (χ1v) is 17.0. The summed E-state index contributed by atoms with van der Waals surface area (Å²) in [5.74, 6) is 0.600. The summed E-state index contributed by atoms with van der Waals surface area (Å²) in [5, 5.41) is 18.0. The van der Waals surface area contributed by atoms with E-state index in [1.165, 1.54) is 56.6 Å². The number of carbonyl (C=O) groups excluding carboxylic acids is 1. The molecular formula is C34H49N9O. The Hall–Kier alpha value is -3.05. The Morgan fingerprint density at radius 2 is 1.57 bits per heavy atom. The third-order valence-corrected chi connectivity index (χ3v) is 10.6. The first-order valence-electron chi connectivity index (χ1n) is 17.0. The molecule has 44 heavy (non-hydrogen) atoms. The first-order chi connectivity index (χ1) is 21.7. The molecule has 1 aromatic heterocycles. The molecule has 4 aliphatic heterocycles. The number of rotatable bonds is 9. The number of nitrogens with one attached hydrogen (secondary N) is 3. The lowest BCUT2D eigenvalue weighted by molar-refractivity contribution is 0.0854. The molecule has 7 rings (SSSR count). The molecule has 3 fully saturated rings. The predicted octanol–water partition coefficient (Wildman–Crippen LogP) is 3.43. The Balaban J connectivity index is 0.932. The second-order valence-electron chi connectivity index (χ2n) is 13.4. The molecule has 3 saturated heterocycles. The molecule has 2 aromatic carbocycles. The lowest BCUT2D eigenvalue weighted by Gasteiger charge is -2.41. The summed E-state index contributed by atoms with van der Waals surface area (Å²) >= 11 is 0. The van der Waals surface area contributed by atoms with Crippen LogP contribution in [0.2, 0.25) is 0 Å². The van der Waals surface area contributed by atoms with Gasteiger partial charge in [0.2, 0.25) is 0 Å². The van der Waals surface area contributed by atoms with E-state index in [1.807, 2.05) is 12.1 Å². The second kappa shape index (κ2) is 13.9. The van der Waals surface area contributed by atoms with Gasteiger partial charge in [-0.15, -0.1) is 0 Å². The Kier molecular flexibility index (Phi) is 9.39. The lowest BCUT2D eigenvalue weighted by atomic mass is 9.93. The number of para-hydroxylation sites is 1. The van der Waals surface area contributed by atoms with Gasteiger partial charge in [0, 0.05) is 70.1 Å². The summed E-state index contributed by atoms with van der Waals surface area (Å²) < 4.78 is 0. The molecule has 0 bridgehead atoms. The summed E-state index contributed by atoms with van der Waals surface area (Å²) in [5.41, 5.74) is 5.46. The van der Waals surface area contributed by atoms with Gasteiger partial charge in [-0.1, -0.05) is 24.3 Å². The van der Waals surface area contributed by atoms with Gasteiger partial charge in [-0.3, -0.25) is 4.90 Å². The van der Waals surface area contributed by atoms with Crippen molar-refractivity contribution < 1.29 is 4.79 Å². The molecule has 3 N–H and O–H groups in total. The largest absolute Gasteiger partial charge is 0.322 e.